The molecule has 9 heteroatoms. The van der Waals surface area contributed by atoms with Crippen molar-refractivity contribution < 1.29 is 8.42 Å². The summed E-state index contributed by atoms with van der Waals surface area (Å²) in [6.07, 6.45) is 1.75. The Bertz CT molecular complexity index is 786. The summed E-state index contributed by atoms with van der Waals surface area (Å²) in [5.74, 6) is 0.419. The molecule has 1 aliphatic carbocycles. The van der Waals surface area contributed by atoms with Crippen molar-refractivity contribution in [2.24, 2.45) is 5.14 Å². The molecule has 1 heterocycles. The molecule has 0 radical (unpaired) electrons. The molecule has 0 atom stereocenters. The van der Waals surface area contributed by atoms with E-state index >= 15 is 0 Å². The highest BCUT2D eigenvalue weighted by atomic mass is 79.9. The van der Waals surface area contributed by atoms with Gasteiger partial charge in [0, 0.05) is 16.1 Å². The predicted molar refractivity (Wildman–Crippen MR) is 77.8 cm³/mol. The van der Waals surface area contributed by atoms with Crippen LogP contribution in [0.3, 0.4) is 0 Å². The van der Waals surface area contributed by atoms with Crippen molar-refractivity contribution in [2.45, 2.75) is 24.0 Å². The Hall–Kier alpha value is -0.960. The minimum absolute atomic E-state index is 0.0587. The topological polar surface area (TPSA) is 90.9 Å². The van der Waals surface area contributed by atoms with Crippen molar-refractivity contribution in [3.05, 3.63) is 27.7 Å². The normalized spacial score (nSPS) is 15.6. The number of aromatic nitrogens is 3. The fourth-order valence-corrected chi connectivity index (χ4v) is 3.23. The summed E-state index contributed by atoms with van der Waals surface area (Å²) in [6.45, 7) is 0. The van der Waals surface area contributed by atoms with Crippen LogP contribution in [-0.4, -0.2) is 23.2 Å². The largest absolute Gasteiger partial charge is 0.294 e. The summed E-state index contributed by atoms with van der Waals surface area (Å²) in [5, 5.41) is 13.1. The van der Waals surface area contributed by atoms with Gasteiger partial charge in [-0.05, 0) is 40.9 Å². The van der Waals surface area contributed by atoms with Crippen molar-refractivity contribution in [3.8, 4) is 11.4 Å². The lowest BCUT2D eigenvalue weighted by Crippen LogP contribution is -2.18. The Morgan fingerprint density at radius 3 is 2.65 bits per heavy atom. The smallest absolute Gasteiger partial charge is 0.273 e. The number of hydrogen-bond donors (Lipinski definition) is 1. The minimum Gasteiger partial charge on any atom is -0.294 e. The molecule has 1 aromatic heterocycles. The molecule has 0 aliphatic heterocycles. The van der Waals surface area contributed by atoms with Crippen molar-refractivity contribution >= 4 is 37.6 Å². The van der Waals surface area contributed by atoms with Crippen LogP contribution < -0.4 is 5.14 Å². The number of benzene rings is 1. The maximum Gasteiger partial charge on any atom is 0.273 e. The Labute approximate surface area is 129 Å². The highest BCUT2D eigenvalue weighted by Gasteiger charge is 2.34. The lowest BCUT2D eigenvalue weighted by molar-refractivity contribution is 0.567. The third-order valence-electron chi connectivity index (χ3n) is 3.02. The van der Waals surface area contributed by atoms with Gasteiger partial charge in [-0.15, -0.1) is 10.2 Å². The first-order valence-electron chi connectivity index (χ1n) is 5.81. The van der Waals surface area contributed by atoms with E-state index in [-0.39, 0.29) is 11.2 Å². The average Bonchev–Trinajstić information content (AvgIpc) is 3.10. The van der Waals surface area contributed by atoms with Crippen LogP contribution in [0.2, 0.25) is 5.02 Å². The van der Waals surface area contributed by atoms with E-state index < -0.39 is 10.0 Å². The first-order chi connectivity index (χ1) is 9.39. The van der Waals surface area contributed by atoms with Crippen LogP contribution in [-0.2, 0) is 10.0 Å². The molecule has 1 fully saturated rings. The zero-order valence-electron chi connectivity index (χ0n) is 10.1. The molecule has 1 saturated carbocycles. The maximum absolute atomic E-state index is 11.6. The van der Waals surface area contributed by atoms with Crippen molar-refractivity contribution in [3.63, 3.8) is 0 Å². The number of nitrogens with zero attached hydrogens (tertiary/aromatic N) is 3. The van der Waals surface area contributed by atoms with Gasteiger partial charge in [0.2, 0.25) is 0 Å². The van der Waals surface area contributed by atoms with Gasteiger partial charge in [0.25, 0.3) is 15.2 Å². The summed E-state index contributed by atoms with van der Waals surface area (Å²) in [6, 6.07) is 5.42. The van der Waals surface area contributed by atoms with Gasteiger partial charge in [-0.2, -0.15) is 0 Å². The van der Waals surface area contributed by atoms with Crippen LogP contribution >= 0.6 is 27.5 Å². The summed E-state index contributed by atoms with van der Waals surface area (Å²) >= 11 is 9.57. The number of halogens is 2. The highest BCUT2D eigenvalue weighted by Crippen LogP contribution is 2.41. The quantitative estimate of drug-likeness (QED) is 0.889. The number of rotatable bonds is 3. The summed E-state index contributed by atoms with van der Waals surface area (Å²) in [7, 11) is -3.91. The lowest BCUT2D eigenvalue weighted by Gasteiger charge is -2.09. The highest BCUT2D eigenvalue weighted by molar-refractivity contribution is 9.10. The van der Waals surface area contributed by atoms with Crippen LogP contribution in [0.25, 0.3) is 11.4 Å². The Balaban J connectivity index is 2.25. The average molecular weight is 378 g/mol. The molecule has 0 saturated heterocycles. The van der Waals surface area contributed by atoms with E-state index in [1.807, 2.05) is 0 Å². The second-order valence-corrected chi connectivity index (χ2v) is 7.24. The predicted octanol–water partition coefficient (Wildman–Crippen LogP) is 2.34. The Morgan fingerprint density at radius 1 is 1.35 bits per heavy atom. The van der Waals surface area contributed by atoms with Crippen LogP contribution in [0.5, 0.6) is 0 Å². The van der Waals surface area contributed by atoms with E-state index in [0.717, 1.165) is 12.8 Å². The first-order valence-corrected chi connectivity index (χ1v) is 8.53. The van der Waals surface area contributed by atoms with Gasteiger partial charge in [-0.25, -0.2) is 13.6 Å². The standard InChI is InChI=1S/C11H10BrClN4O2S/c12-8-3-1-2-7(9(8)13)10-15-16-11(20(14,18)19)17(10)6-4-5-6/h1-3,6H,4-5H2,(H2,14,18,19). The molecule has 3 rings (SSSR count). The third kappa shape index (κ3) is 2.37. The molecule has 2 N–H and O–H groups in total. The van der Waals surface area contributed by atoms with E-state index in [1.165, 1.54) is 0 Å². The van der Waals surface area contributed by atoms with Gasteiger partial charge in [-0.1, -0.05) is 17.7 Å². The van der Waals surface area contributed by atoms with Crippen molar-refractivity contribution in [1.82, 2.24) is 14.8 Å². The van der Waals surface area contributed by atoms with Crippen LogP contribution in [0, 0.1) is 0 Å². The second-order valence-electron chi connectivity index (χ2n) is 4.55. The second kappa shape index (κ2) is 4.80. The van der Waals surface area contributed by atoms with Crippen LogP contribution in [0.15, 0.2) is 27.8 Å². The van der Waals surface area contributed by atoms with Gasteiger partial charge in [0.05, 0.1) is 5.02 Å². The van der Waals surface area contributed by atoms with Crippen LogP contribution in [0.1, 0.15) is 18.9 Å². The molecule has 0 bridgehead atoms. The molecule has 106 valence electrons. The maximum atomic E-state index is 11.6. The first kappa shape index (κ1) is 14.0. The molecular formula is C11H10BrClN4O2S. The Kier molecular flexibility index (Phi) is 3.36. The van der Waals surface area contributed by atoms with E-state index in [9.17, 15) is 8.42 Å². The van der Waals surface area contributed by atoms with Gasteiger partial charge in [0.15, 0.2) is 5.82 Å². The van der Waals surface area contributed by atoms with E-state index in [1.54, 1.807) is 22.8 Å². The van der Waals surface area contributed by atoms with Crippen molar-refractivity contribution in [2.75, 3.05) is 0 Å². The molecule has 6 nitrogen and oxygen atoms in total. The number of nitrogens with two attached hydrogens (primary N) is 1. The molecule has 0 unspecified atom stereocenters. The number of primary sulfonamides is 1. The zero-order valence-corrected chi connectivity index (χ0v) is 13.3. The molecule has 1 aliphatic rings. The molecule has 2 aromatic rings. The van der Waals surface area contributed by atoms with Crippen molar-refractivity contribution in [1.29, 1.82) is 0 Å². The molecule has 0 spiro atoms. The minimum atomic E-state index is -3.91. The fourth-order valence-electron chi connectivity index (χ4n) is 1.99. The number of sulfonamides is 1. The molecule has 1 aromatic carbocycles. The van der Waals surface area contributed by atoms with Crippen LogP contribution in [0.4, 0.5) is 0 Å². The van der Waals surface area contributed by atoms with Gasteiger partial charge < -0.3 is 0 Å². The molecular weight excluding hydrogens is 368 g/mol. The zero-order chi connectivity index (χ0) is 14.5. The fraction of sp³-hybridized carbons (Fsp3) is 0.273. The third-order valence-corrected chi connectivity index (χ3v) is 5.11. The van der Waals surface area contributed by atoms with E-state index in [2.05, 4.69) is 26.1 Å². The Morgan fingerprint density at radius 2 is 2.05 bits per heavy atom. The summed E-state index contributed by atoms with van der Waals surface area (Å²) < 4.78 is 25.5. The SMILES string of the molecule is NS(=O)(=O)c1nnc(-c2cccc(Br)c2Cl)n1C1CC1. The summed E-state index contributed by atoms with van der Waals surface area (Å²) in [5.41, 5.74) is 0.621. The van der Waals surface area contributed by atoms with E-state index in [0.29, 0.717) is 20.9 Å². The summed E-state index contributed by atoms with van der Waals surface area (Å²) in [4.78, 5) is 0. The molecule has 20 heavy (non-hydrogen) atoms. The molecule has 0 amide bonds. The van der Waals surface area contributed by atoms with Gasteiger partial charge in [-0.3, -0.25) is 4.57 Å². The lowest BCUT2D eigenvalue weighted by atomic mass is 10.2. The monoisotopic (exact) mass is 376 g/mol. The van der Waals surface area contributed by atoms with E-state index in [4.69, 9.17) is 16.7 Å². The number of hydrogen-bond acceptors (Lipinski definition) is 4. The van der Waals surface area contributed by atoms with Gasteiger partial charge in [0.1, 0.15) is 0 Å². The van der Waals surface area contributed by atoms with Gasteiger partial charge >= 0.3 is 0 Å².